The molecule has 0 radical (unpaired) electrons. The van der Waals surface area contributed by atoms with Crippen LogP contribution in [0.2, 0.25) is 5.02 Å². The topological polar surface area (TPSA) is 55.8 Å². The summed E-state index contributed by atoms with van der Waals surface area (Å²) in [4.78, 5) is 27.0. The maximum absolute atomic E-state index is 12.7. The minimum Gasteiger partial charge on any atom is -0.478 e. The van der Waals surface area contributed by atoms with Crippen molar-refractivity contribution in [3.05, 3.63) is 64.7 Å². The highest BCUT2D eigenvalue weighted by Gasteiger charge is 2.35. The molecular weight excluding hydrogens is 366 g/mol. The summed E-state index contributed by atoms with van der Waals surface area (Å²) in [5, 5.41) is 0.586. The van der Waals surface area contributed by atoms with E-state index in [1.807, 2.05) is 0 Å². The molecule has 5 nitrogen and oxygen atoms in total. The molecule has 0 N–H and O–H groups in total. The molecule has 0 saturated carbocycles. The standard InChI is InChI=1S/C21H22ClNO4/c1-21(2,20(25)23-11-13-26-14-12-23)27-18-9-5-16(6-10-18)19(24)15-3-7-17(22)8-4-15/h3-10H,11-14H2,1-2H3. The van der Waals surface area contributed by atoms with Gasteiger partial charge in [-0.3, -0.25) is 9.59 Å². The lowest BCUT2D eigenvalue weighted by atomic mass is 10.0. The number of ether oxygens (including phenoxy) is 2. The van der Waals surface area contributed by atoms with Gasteiger partial charge in [-0.25, -0.2) is 0 Å². The van der Waals surface area contributed by atoms with Crippen LogP contribution in [-0.4, -0.2) is 48.5 Å². The number of halogens is 1. The lowest BCUT2D eigenvalue weighted by Crippen LogP contribution is -2.52. The molecule has 0 spiro atoms. The summed E-state index contributed by atoms with van der Waals surface area (Å²) in [7, 11) is 0. The quantitative estimate of drug-likeness (QED) is 0.736. The highest BCUT2D eigenvalue weighted by Crippen LogP contribution is 2.23. The van der Waals surface area contributed by atoms with Gasteiger partial charge in [-0.05, 0) is 62.4 Å². The zero-order valence-electron chi connectivity index (χ0n) is 15.4. The van der Waals surface area contributed by atoms with E-state index in [-0.39, 0.29) is 11.7 Å². The van der Waals surface area contributed by atoms with Crippen LogP contribution in [0.25, 0.3) is 0 Å². The molecule has 6 heteroatoms. The molecule has 0 unspecified atom stereocenters. The number of hydrogen-bond acceptors (Lipinski definition) is 4. The fraction of sp³-hybridized carbons (Fsp3) is 0.333. The fourth-order valence-electron chi connectivity index (χ4n) is 2.93. The van der Waals surface area contributed by atoms with Gasteiger partial charge in [-0.2, -0.15) is 0 Å². The van der Waals surface area contributed by atoms with E-state index in [9.17, 15) is 9.59 Å². The Morgan fingerprint density at radius 1 is 0.963 bits per heavy atom. The summed E-state index contributed by atoms with van der Waals surface area (Å²) >= 11 is 5.86. The highest BCUT2D eigenvalue weighted by molar-refractivity contribution is 6.30. The van der Waals surface area contributed by atoms with Crippen molar-refractivity contribution in [1.82, 2.24) is 4.90 Å². The van der Waals surface area contributed by atoms with Crippen molar-refractivity contribution in [3.63, 3.8) is 0 Å². The van der Waals surface area contributed by atoms with Gasteiger partial charge >= 0.3 is 0 Å². The summed E-state index contributed by atoms with van der Waals surface area (Å²) in [6.45, 7) is 5.72. The van der Waals surface area contributed by atoms with E-state index in [4.69, 9.17) is 21.1 Å². The summed E-state index contributed by atoms with van der Waals surface area (Å²) in [5.41, 5.74) is 0.108. The average molecular weight is 388 g/mol. The lowest BCUT2D eigenvalue weighted by molar-refractivity contribution is -0.149. The molecule has 142 valence electrons. The van der Waals surface area contributed by atoms with Crippen molar-refractivity contribution < 1.29 is 19.1 Å². The van der Waals surface area contributed by atoms with E-state index in [1.54, 1.807) is 67.3 Å². The van der Waals surface area contributed by atoms with Crippen molar-refractivity contribution in [2.75, 3.05) is 26.3 Å². The number of hydrogen-bond donors (Lipinski definition) is 0. The number of morpholine rings is 1. The van der Waals surface area contributed by atoms with Crippen molar-refractivity contribution in [2.24, 2.45) is 0 Å². The van der Waals surface area contributed by atoms with E-state index < -0.39 is 5.60 Å². The highest BCUT2D eigenvalue weighted by atomic mass is 35.5. The average Bonchev–Trinajstić information content (AvgIpc) is 2.68. The second kappa shape index (κ2) is 8.11. The SMILES string of the molecule is CC(C)(Oc1ccc(C(=O)c2ccc(Cl)cc2)cc1)C(=O)N1CCOCC1. The van der Waals surface area contributed by atoms with Gasteiger partial charge in [0.2, 0.25) is 0 Å². The van der Waals surface area contributed by atoms with E-state index in [2.05, 4.69) is 0 Å². The van der Waals surface area contributed by atoms with Gasteiger partial charge in [0.05, 0.1) is 13.2 Å². The Morgan fingerprint density at radius 2 is 1.48 bits per heavy atom. The van der Waals surface area contributed by atoms with Crippen LogP contribution in [0.4, 0.5) is 0 Å². The van der Waals surface area contributed by atoms with Crippen LogP contribution in [-0.2, 0) is 9.53 Å². The number of ketones is 1. The molecule has 1 amide bonds. The minimum absolute atomic E-state index is 0.0767. The zero-order valence-corrected chi connectivity index (χ0v) is 16.2. The smallest absolute Gasteiger partial charge is 0.266 e. The molecule has 1 heterocycles. The van der Waals surface area contributed by atoms with Crippen LogP contribution >= 0.6 is 11.6 Å². The largest absolute Gasteiger partial charge is 0.478 e. The van der Waals surface area contributed by atoms with Gasteiger partial charge in [0.1, 0.15) is 5.75 Å². The molecule has 1 saturated heterocycles. The van der Waals surface area contributed by atoms with Crippen LogP contribution in [0.1, 0.15) is 29.8 Å². The molecule has 0 aliphatic carbocycles. The molecule has 0 bridgehead atoms. The van der Waals surface area contributed by atoms with Gasteiger partial charge in [-0.1, -0.05) is 11.6 Å². The molecule has 1 aliphatic heterocycles. The summed E-state index contributed by atoms with van der Waals surface area (Å²) in [6, 6.07) is 13.6. The number of nitrogens with zero attached hydrogens (tertiary/aromatic N) is 1. The fourth-order valence-corrected chi connectivity index (χ4v) is 3.05. The van der Waals surface area contributed by atoms with Crippen molar-refractivity contribution >= 4 is 23.3 Å². The van der Waals surface area contributed by atoms with E-state index in [0.717, 1.165) is 0 Å². The van der Waals surface area contributed by atoms with E-state index in [1.165, 1.54) is 0 Å². The molecule has 1 aliphatic rings. The molecule has 0 atom stereocenters. The summed E-state index contributed by atoms with van der Waals surface area (Å²) in [5.74, 6) is 0.364. The first-order chi connectivity index (χ1) is 12.9. The van der Waals surface area contributed by atoms with Crippen molar-refractivity contribution in [3.8, 4) is 5.75 Å². The Balaban J connectivity index is 1.68. The van der Waals surface area contributed by atoms with Crippen LogP contribution < -0.4 is 4.74 Å². The third-order valence-corrected chi connectivity index (χ3v) is 4.66. The van der Waals surface area contributed by atoms with Crippen LogP contribution in [0.3, 0.4) is 0 Å². The van der Waals surface area contributed by atoms with Crippen LogP contribution in [0.15, 0.2) is 48.5 Å². The maximum Gasteiger partial charge on any atom is 0.266 e. The van der Waals surface area contributed by atoms with Crippen LogP contribution in [0, 0.1) is 0 Å². The van der Waals surface area contributed by atoms with Gasteiger partial charge in [0.15, 0.2) is 11.4 Å². The summed E-state index contributed by atoms with van der Waals surface area (Å²) < 4.78 is 11.2. The third-order valence-electron chi connectivity index (χ3n) is 4.41. The Labute approximate surface area is 163 Å². The zero-order chi connectivity index (χ0) is 19.4. The van der Waals surface area contributed by atoms with Crippen molar-refractivity contribution in [2.45, 2.75) is 19.4 Å². The first kappa shape index (κ1) is 19.4. The first-order valence-electron chi connectivity index (χ1n) is 8.83. The Bertz CT molecular complexity index is 809. The Kier molecular flexibility index (Phi) is 5.82. The molecule has 3 rings (SSSR count). The van der Waals surface area contributed by atoms with Gasteiger partial charge in [0, 0.05) is 29.2 Å². The predicted octanol–water partition coefficient (Wildman–Crippen LogP) is 3.59. The molecular formula is C21H22ClNO4. The number of carbonyl (C=O) groups excluding carboxylic acids is 2. The van der Waals surface area contributed by atoms with Crippen molar-refractivity contribution in [1.29, 1.82) is 0 Å². The molecule has 2 aromatic rings. The maximum atomic E-state index is 12.7. The minimum atomic E-state index is -1.00. The molecule has 27 heavy (non-hydrogen) atoms. The lowest BCUT2D eigenvalue weighted by Gasteiger charge is -2.34. The molecule has 2 aromatic carbocycles. The number of rotatable bonds is 5. The second-order valence-corrected chi connectivity index (χ2v) is 7.31. The number of carbonyl (C=O) groups is 2. The van der Waals surface area contributed by atoms with Crippen LogP contribution in [0.5, 0.6) is 5.75 Å². The predicted molar refractivity (Wildman–Crippen MR) is 103 cm³/mol. The van der Waals surface area contributed by atoms with E-state index in [0.29, 0.717) is 48.2 Å². The second-order valence-electron chi connectivity index (χ2n) is 6.88. The van der Waals surface area contributed by atoms with E-state index >= 15 is 0 Å². The van der Waals surface area contributed by atoms with Gasteiger partial charge < -0.3 is 14.4 Å². The normalized spacial score (nSPS) is 14.7. The third kappa shape index (κ3) is 4.67. The Morgan fingerprint density at radius 3 is 2.04 bits per heavy atom. The Hall–Kier alpha value is -2.37. The first-order valence-corrected chi connectivity index (χ1v) is 9.21. The summed E-state index contributed by atoms with van der Waals surface area (Å²) in [6.07, 6.45) is 0. The van der Waals surface area contributed by atoms with Gasteiger partial charge in [-0.15, -0.1) is 0 Å². The van der Waals surface area contributed by atoms with Gasteiger partial charge in [0.25, 0.3) is 5.91 Å². The number of amides is 1. The molecule has 1 fully saturated rings. The number of benzene rings is 2. The molecule has 0 aromatic heterocycles. The monoisotopic (exact) mass is 387 g/mol.